The molecule has 1 amide bonds. The zero-order chi connectivity index (χ0) is 16.2. The molecular formula is C18H20N2O3. The second-order valence-electron chi connectivity index (χ2n) is 5.49. The third-order valence-corrected chi connectivity index (χ3v) is 3.88. The van der Waals surface area contributed by atoms with Crippen molar-refractivity contribution in [2.45, 2.75) is 19.1 Å². The monoisotopic (exact) mass is 312 g/mol. The number of anilines is 1. The Morgan fingerprint density at radius 1 is 1.30 bits per heavy atom. The van der Waals surface area contributed by atoms with Crippen LogP contribution in [0.5, 0.6) is 11.5 Å². The Morgan fingerprint density at radius 2 is 2.13 bits per heavy atom. The first kappa shape index (κ1) is 15.2. The van der Waals surface area contributed by atoms with Gasteiger partial charge in [-0.15, -0.1) is 0 Å². The van der Waals surface area contributed by atoms with Crippen molar-refractivity contribution in [1.29, 1.82) is 0 Å². The minimum atomic E-state index is -0.544. The van der Waals surface area contributed by atoms with Crippen molar-refractivity contribution < 1.29 is 14.3 Å². The summed E-state index contributed by atoms with van der Waals surface area (Å²) in [6.07, 6.45) is -0.544. The van der Waals surface area contributed by atoms with Gasteiger partial charge in [-0.3, -0.25) is 4.79 Å². The summed E-state index contributed by atoms with van der Waals surface area (Å²) in [4.78, 5) is 12.4. The third-order valence-electron chi connectivity index (χ3n) is 3.88. The normalized spacial score (nSPS) is 17.2. The van der Waals surface area contributed by atoms with E-state index < -0.39 is 6.10 Å². The lowest BCUT2D eigenvalue weighted by Crippen LogP contribution is -2.45. The summed E-state index contributed by atoms with van der Waals surface area (Å²) in [5.41, 5.74) is 1.90. The van der Waals surface area contributed by atoms with E-state index >= 15 is 0 Å². The van der Waals surface area contributed by atoms with Crippen molar-refractivity contribution in [3.63, 3.8) is 0 Å². The third kappa shape index (κ3) is 3.39. The molecule has 3 rings (SSSR count). The van der Waals surface area contributed by atoms with E-state index in [1.54, 1.807) is 7.11 Å². The topological polar surface area (TPSA) is 59.6 Å². The molecule has 5 nitrogen and oxygen atoms in total. The average Bonchev–Trinajstić information content (AvgIpc) is 2.61. The molecule has 2 aromatic rings. The molecule has 1 aliphatic heterocycles. The number of nitrogens with one attached hydrogen (secondary N) is 2. The summed E-state index contributed by atoms with van der Waals surface area (Å²) in [6.45, 7) is 2.39. The number of carbonyl (C=O) groups excluding carboxylic acids is 1. The smallest absolute Gasteiger partial charge is 0.263 e. The largest absolute Gasteiger partial charge is 0.497 e. The van der Waals surface area contributed by atoms with Gasteiger partial charge in [-0.1, -0.05) is 24.3 Å². The number of hydrogen-bond acceptors (Lipinski definition) is 4. The summed E-state index contributed by atoms with van der Waals surface area (Å²) < 4.78 is 11.0. The number of rotatable bonds is 4. The molecular weight excluding hydrogens is 292 g/mol. The maximum absolute atomic E-state index is 12.4. The summed E-state index contributed by atoms with van der Waals surface area (Å²) in [5.74, 6) is 1.34. The minimum Gasteiger partial charge on any atom is -0.497 e. The quantitative estimate of drug-likeness (QED) is 0.911. The van der Waals surface area contributed by atoms with E-state index in [1.807, 2.05) is 55.5 Å². The SMILES string of the molecule is COc1cccc([C@@H](C)NC(=O)C2CNc3ccccc3O2)c1. The average molecular weight is 312 g/mol. The number of hydrogen-bond donors (Lipinski definition) is 2. The van der Waals surface area contributed by atoms with Crippen LogP contribution in [-0.2, 0) is 4.79 Å². The van der Waals surface area contributed by atoms with E-state index in [4.69, 9.17) is 9.47 Å². The Kier molecular flexibility index (Phi) is 4.37. The van der Waals surface area contributed by atoms with Crippen LogP contribution in [0.3, 0.4) is 0 Å². The molecule has 5 heteroatoms. The predicted octanol–water partition coefficient (Wildman–Crippen LogP) is 2.75. The summed E-state index contributed by atoms with van der Waals surface area (Å²) in [5, 5.41) is 6.21. The van der Waals surface area contributed by atoms with Gasteiger partial charge in [-0.2, -0.15) is 0 Å². The zero-order valence-corrected chi connectivity index (χ0v) is 13.2. The molecule has 2 N–H and O–H groups in total. The molecule has 2 atom stereocenters. The van der Waals surface area contributed by atoms with Gasteiger partial charge in [-0.05, 0) is 36.8 Å². The van der Waals surface area contributed by atoms with Crippen molar-refractivity contribution >= 4 is 11.6 Å². The standard InChI is InChI=1S/C18H20N2O3/c1-12(13-6-5-7-14(10-13)22-2)20-18(21)17-11-19-15-8-3-4-9-16(15)23-17/h3-10,12,17,19H,11H2,1-2H3,(H,20,21)/t12-,17?/m1/s1. The fraction of sp³-hybridized carbons (Fsp3) is 0.278. The molecule has 120 valence electrons. The van der Waals surface area contributed by atoms with Crippen molar-refractivity contribution in [2.75, 3.05) is 19.0 Å². The maximum atomic E-state index is 12.4. The van der Waals surface area contributed by atoms with E-state index in [0.717, 1.165) is 17.0 Å². The lowest BCUT2D eigenvalue weighted by Gasteiger charge is -2.27. The number of fused-ring (bicyclic) bond motifs is 1. The predicted molar refractivity (Wildman–Crippen MR) is 88.9 cm³/mol. The molecule has 1 aliphatic rings. The first-order valence-electron chi connectivity index (χ1n) is 7.61. The molecule has 0 saturated heterocycles. The highest BCUT2D eigenvalue weighted by atomic mass is 16.5. The number of ether oxygens (including phenoxy) is 2. The molecule has 0 saturated carbocycles. The van der Waals surface area contributed by atoms with Crippen LogP contribution in [0.2, 0.25) is 0 Å². The van der Waals surface area contributed by atoms with Crippen molar-refractivity contribution in [1.82, 2.24) is 5.32 Å². The first-order valence-corrected chi connectivity index (χ1v) is 7.61. The van der Waals surface area contributed by atoms with E-state index in [2.05, 4.69) is 10.6 Å². The second-order valence-corrected chi connectivity index (χ2v) is 5.49. The van der Waals surface area contributed by atoms with E-state index in [9.17, 15) is 4.79 Å². The molecule has 23 heavy (non-hydrogen) atoms. The van der Waals surface area contributed by atoms with Gasteiger partial charge in [-0.25, -0.2) is 0 Å². The van der Waals surface area contributed by atoms with Gasteiger partial charge >= 0.3 is 0 Å². The van der Waals surface area contributed by atoms with Crippen LogP contribution in [0, 0.1) is 0 Å². The van der Waals surface area contributed by atoms with Crippen molar-refractivity contribution in [3.8, 4) is 11.5 Å². The second kappa shape index (κ2) is 6.60. The number of carbonyl (C=O) groups is 1. The first-order chi connectivity index (χ1) is 11.2. The Bertz CT molecular complexity index is 702. The fourth-order valence-corrected chi connectivity index (χ4v) is 2.56. The van der Waals surface area contributed by atoms with Gasteiger partial charge < -0.3 is 20.1 Å². The number of amides is 1. The van der Waals surface area contributed by atoms with E-state index in [1.165, 1.54) is 0 Å². The minimum absolute atomic E-state index is 0.127. The fourth-order valence-electron chi connectivity index (χ4n) is 2.56. The summed E-state index contributed by atoms with van der Waals surface area (Å²) >= 11 is 0. The van der Waals surface area contributed by atoms with Gasteiger partial charge in [0.1, 0.15) is 11.5 Å². The molecule has 0 spiro atoms. The number of para-hydroxylation sites is 2. The van der Waals surface area contributed by atoms with Crippen LogP contribution in [0.25, 0.3) is 0 Å². The van der Waals surface area contributed by atoms with Gasteiger partial charge in [0.2, 0.25) is 0 Å². The van der Waals surface area contributed by atoms with Crippen LogP contribution in [0.4, 0.5) is 5.69 Å². The van der Waals surface area contributed by atoms with Gasteiger partial charge in [0, 0.05) is 0 Å². The molecule has 0 aliphatic carbocycles. The maximum Gasteiger partial charge on any atom is 0.263 e. The Balaban J connectivity index is 1.65. The van der Waals surface area contributed by atoms with Crippen LogP contribution in [0.1, 0.15) is 18.5 Å². The zero-order valence-electron chi connectivity index (χ0n) is 13.2. The van der Waals surface area contributed by atoms with Crippen LogP contribution in [-0.4, -0.2) is 25.7 Å². The highest BCUT2D eigenvalue weighted by Crippen LogP contribution is 2.28. The lowest BCUT2D eigenvalue weighted by molar-refractivity contribution is -0.128. The summed E-state index contributed by atoms with van der Waals surface area (Å²) in [6, 6.07) is 15.1. The highest BCUT2D eigenvalue weighted by molar-refractivity contribution is 5.83. The van der Waals surface area contributed by atoms with Gasteiger partial charge in [0.05, 0.1) is 25.4 Å². The van der Waals surface area contributed by atoms with Crippen molar-refractivity contribution in [2.24, 2.45) is 0 Å². The number of benzene rings is 2. The Morgan fingerprint density at radius 3 is 2.96 bits per heavy atom. The molecule has 1 unspecified atom stereocenters. The van der Waals surface area contributed by atoms with E-state index in [0.29, 0.717) is 12.3 Å². The Hall–Kier alpha value is -2.69. The lowest BCUT2D eigenvalue weighted by atomic mass is 10.1. The van der Waals surface area contributed by atoms with Crippen LogP contribution < -0.4 is 20.1 Å². The molecule has 0 radical (unpaired) electrons. The highest BCUT2D eigenvalue weighted by Gasteiger charge is 2.26. The molecule has 2 aromatic carbocycles. The Labute approximate surface area is 135 Å². The van der Waals surface area contributed by atoms with Crippen LogP contribution in [0.15, 0.2) is 48.5 Å². The molecule has 0 bridgehead atoms. The van der Waals surface area contributed by atoms with E-state index in [-0.39, 0.29) is 11.9 Å². The number of methoxy groups -OCH3 is 1. The van der Waals surface area contributed by atoms with Crippen molar-refractivity contribution in [3.05, 3.63) is 54.1 Å². The van der Waals surface area contributed by atoms with Gasteiger partial charge in [0.15, 0.2) is 6.10 Å². The van der Waals surface area contributed by atoms with Gasteiger partial charge in [0.25, 0.3) is 5.91 Å². The molecule has 1 heterocycles. The molecule has 0 fully saturated rings. The molecule has 0 aromatic heterocycles. The summed E-state index contributed by atoms with van der Waals surface area (Å²) in [7, 11) is 1.63. The van der Waals surface area contributed by atoms with Crippen LogP contribution >= 0.6 is 0 Å².